The van der Waals surface area contributed by atoms with Crippen molar-refractivity contribution in [3.63, 3.8) is 0 Å². The average molecular weight is 464 g/mol. The van der Waals surface area contributed by atoms with Gasteiger partial charge in [-0.25, -0.2) is 9.18 Å². The molecule has 2 unspecified atom stereocenters. The molecule has 0 radical (unpaired) electrons. The Hall–Kier alpha value is -3.88. The van der Waals surface area contributed by atoms with Crippen LogP contribution in [0.3, 0.4) is 0 Å². The van der Waals surface area contributed by atoms with E-state index < -0.39 is 12.0 Å². The molecule has 0 saturated heterocycles. The van der Waals surface area contributed by atoms with Crippen LogP contribution in [-0.4, -0.2) is 34.4 Å². The maximum atomic E-state index is 13.9. The molecule has 4 N–H and O–H groups in total. The van der Waals surface area contributed by atoms with Gasteiger partial charge in [0.15, 0.2) is 0 Å². The maximum Gasteiger partial charge on any atom is 0.407 e. The molecule has 34 heavy (non-hydrogen) atoms. The maximum absolute atomic E-state index is 13.9. The van der Waals surface area contributed by atoms with Gasteiger partial charge < -0.3 is 21.1 Å². The number of amides is 1. The lowest BCUT2D eigenvalue weighted by Gasteiger charge is -2.25. The second-order valence-corrected chi connectivity index (χ2v) is 8.71. The molecule has 1 amide bonds. The molecule has 2 aliphatic rings. The highest BCUT2D eigenvalue weighted by Gasteiger charge is 2.33. The normalized spacial score (nSPS) is 18.9. The fourth-order valence-corrected chi connectivity index (χ4v) is 4.71. The summed E-state index contributed by atoms with van der Waals surface area (Å²) in [5, 5.41) is 10.6. The van der Waals surface area contributed by atoms with E-state index in [0.717, 1.165) is 22.5 Å². The van der Waals surface area contributed by atoms with Crippen LogP contribution in [0, 0.1) is 5.82 Å². The van der Waals surface area contributed by atoms with E-state index in [0.29, 0.717) is 37.8 Å². The van der Waals surface area contributed by atoms with E-state index in [9.17, 15) is 14.0 Å². The molecular weight excluding hydrogens is 437 g/mol. The molecule has 176 valence electrons. The van der Waals surface area contributed by atoms with Crippen molar-refractivity contribution in [1.82, 2.24) is 15.1 Å². The number of halogens is 1. The Kier molecular flexibility index (Phi) is 5.91. The quantitative estimate of drug-likeness (QED) is 0.545. The predicted octanol–water partition coefficient (Wildman–Crippen LogP) is 3.63. The Morgan fingerprint density at radius 1 is 1.21 bits per heavy atom. The molecule has 1 aliphatic carbocycles. The van der Waals surface area contributed by atoms with Gasteiger partial charge in [0.05, 0.1) is 11.6 Å². The third-order valence-electron chi connectivity index (χ3n) is 6.47. The number of carbonyl (C=O) groups is 2. The molecule has 0 fully saturated rings. The van der Waals surface area contributed by atoms with Gasteiger partial charge in [0, 0.05) is 23.8 Å². The largest absolute Gasteiger partial charge is 0.445 e. The van der Waals surface area contributed by atoms with Crippen LogP contribution in [0.4, 0.5) is 20.7 Å². The molecule has 2 aromatic carbocycles. The summed E-state index contributed by atoms with van der Waals surface area (Å²) in [5.74, 6) is -0.911. The van der Waals surface area contributed by atoms with Crippen LogP contribution in [-0.2, 0) is 24.2 Å². The molecular formula is C25H26FN5O3. The molecule has 2 heterocycles. The summed E-state index contributed by atoms with van der Waals surface area (Å²) in [6.07, 6.45) is 1.75. The van der Waals surface area contributed by atoms with Crippen molar-refractivity contribution in [1.29, 1.82) is 0 Å². The van der Waals surface area contributed by atoms with Crippen molar-refractivity contribution in [2.45, 2.75) is 44.2 Å². The van der Waals surface area contributed by atoms with Crippen LogP contribution in [0.2, 0.25) is 0 Å². The van der Waals surface area contributed by atoms with E-state index in [4.69, 9.17) is 10.5 Å². The highest BCUT2D eigenvalue weighted by Crippen LogP contribution is 2.35. The molecule has 8 nitrogen and oxygen atoms in total. The number of aromatic nitrogens is 2. The van der Waals surface area contributed by atoms with E-state index >= 15 is 0 Å². The molecule has 2 atom stereocenters. The molecule has 5 rings (SSSR count). The standard InChI is InChI=1S/C25H26FN5O3/c26-16-6-8-21-19(12-16)18(10-11-28-21)24(32)31-23(27)20-13-17(7-9-22(20)30-31)29-25(33)34-14-15-4-2-1-3-5-15/h1-6,8,12,17-18,28H,7,9-11,13-14,27H2,(H,29,33). The smallest absolute Gasteiger partial charge is 0.407 e. The van der Waals surface area contributed by atoms with Crippen molar-refractivity contribution in [3.05, 3.63) is 76.7 Å². The number of ether oxygens (including phenoxy) is 1. The third kappa shape index (κ3) is 4.33. The number of fused-ring (bicyclic) bond motifs is 2. The van der Waals surface area contributed by atoms with Crippen LogP contribution < -0.4 is 16.4 Å². The van der Waals surface area contributed by atoms with Gasteiger partial charge in [-0.05, 0) is 55.0 Å². The van der Waals surface area contributed by atoms with E-state index in [1.807, 2.05) is 30.3 Å². The number of nitrogens with two attached hydrogens (primary N) is 1. The molecule has 9 heteroatoms. The summed E-state index contributed by atoms with van der Waals surface area (Å²) >= 11 is 0. The first kappa shape index (κ1) is 21.9. The SMILES string of the molecule is Nc1c2c(nn1C(=O)C1CCNc3ccc(F)cc31)CCC(NC(=O)OCc1ccccc1)C2. The summed E-state index contributed by atoms with van der Waals surface area (Å²) < 4.78 is 20.4. The summed E-state index contributed by atoms with van der Waals surface area (Å²) in [5.41, 5.74) is 10.2. The van der Waals surface area contributed by atoms with Gasteiger partial charge in [-0.1, -0.05) is 30.3 Å². The minimum atomic E-state index is -0.530. The topological polar surface area (TPSA) is 111 Å². The van der Waals surface area contributed by atoms with Gasteiger partial charge in [-0.2, -0.15) is 9.78 Å². The average Bonchev–Trinajstić information content (AvgIpc) is 3.18. The number of rotatable bonds is 4. The Bertz CT molecular complexity index is 1230. The van der Waals surface area contributed by atoms with Gasteiger partial charge in [0.1, 0.15) is 18.2 Å². The second kappa shape index (κ2) is 9.17. The zero-order valence-corrected chi connectivity index (χ0v) is 18.6. The van der Waals surface area contributed by atoms with Crippen LogP contribution in [0.25, 0.3) is 0 Å². The number of aryl methyl sites for hydroxylation is 1. The van der Waals surface area contributed by atoms with Crippen molar-refractivity contribution < 1.29 is 18.7 Å². The van der Waals surface area contributed by atoms with Crippen LogP contribution in [0.5, 0.6) is 0 Å². The van der Waals surface area contributed by atoms with E-state index in [1.54, 1.807) is 6.07 Å². The molecule has 0 bridgehead atoms. The Balaban J connectivity index is 1.27. The van der Waals surface area contributed by atoms with E-state index in [-0.39, 0.29) is 30.2 Å². The zero-order chi connectivity index (χ0) is 23.7. The van der Waals surface area contributed by atoms with Crippen LogP contribution >= 0.6 is 0 Å². The molecule has 0 spiro atoms. The van der Waals surface area contributed by atoms with Crippen molar-refractivity contribution >= 4 is 23.5 Å². The lowest BCUT2D eigenvalue weighted by atomic mass is 9.90. The number of nitrogens with zero attached hydrogens (tertiary/aromatic N) is 2. The number of alkyl carbamates (subject to hydrolysis) is 1. The minimum absolute atomic E-state index is 0.167. The van der Waals surface area contributed by atoms with Crippen molar-refractivity contribution in [3.8, 4) is 0 Å². The lowest BCUT2D eigenvalue weighted by Crippen LogP contribution is -2.39. The fraction of sp³-hybridized carbons (Fsp3) is 0.320. The zero-order valence-electron chi connectivity index (χ0n) is 18.6. The van der Waals surface area contributed by atoms with Crippen LogP contribution in [0.1, 0.15) is 45.9 Å². The number of nitrogen functional groups attached to an aromatic ring is 1. The molecule has 0 saturated carbocycles. The molecule has 3 aromatic rings. The molecule has 1 aliphatic heterocycles. The first-order valence-electron chi connectivity index (χ1n) is 11.4. The monoisotopic (exact) mass is 463 g/mol. The third-order valence-corrected chi connectivity index (χ3v) is 6.47. The first-order chi connectivity index (χ1) is 16.5. The van der Waals surface area contributed by atoms with Gasteiger partial charge in [-0.15, -0.1) is 0 Å². The number of hydrogen-bond acceptors (Lipinski definition) is 6. The summed E-state index contributed by atoms with van der Waals surface area (Å²) in [4.78, 5) is 25.6. The summed E-state index contributed by atoms with van der Waals surface area (Å²) in [6.45, 7) is 0.796. The van der Waals surface area contributed by atoms with E-state index in [2.05, 4.69) is 15.7 Å². The highest BCUT2D eigenvalue weighted by molar-refractivity contribution is 5.90. The summed E-state index contributed by atoms with van der Waals surface area (Å²) in [7, 11) is 0. The first-order valence-corrected chi connectivity index (χ1v) is 11.4. The Morgan fingerprint density at radius 2 is 2.03 bits per heavy atom. The van der Waals surface area contributed by atoms with Crippen LogP contribution in [0.15, 0.2) is 48.5 Å². The Labute approximate surface area is 196 Å². The number of benzene rings is 2. The van der Waals surface area contributed by atoms with Gasteiger partial charge in [0.2, 0.25) is 0 Å². The number of nitrogens with one attached hydrogen (secondary N) is 2. The van der Waals surface area contributed by atoms with Crippen molar-refractivity contribution in [2.75, 3.05) is 17.6 Å². The Morgan fingerprint density at radius 3 is 2.85 bits per heavy atom. The minimum Gasteiger partial charge on any atom is -0.445 e. The second-order valence-electron chi connectivity index (χ2n) is 8.71. The molecule has 1 aromatic heterocycles. The van der Waals surface area contributed by atoms with E-state index in [1.165, 1.54) is 16.8 Å². The van der Waals surface area contributed by atoms with Gasteiger partial charge in [0.25, 0.3) is 5.91 Å². The summed E-state index contributed by atoms with van der Waals surface area (Å²) in [6, 6.07) is 13.7. The number of anilines is 2. The van der Waals surface area contributed by atoms with Crippen molar-refractivity contribution in [2.24, 2.45) is 0 Å². The lowest BCUT2D eigenvalue weighted by molar-refractivity contribution is 0.0859. The number of carbonyl (C=O) groups excluding carboxylic acids is 2. The highest BCUT2D eigenvalue weighted by atomic mass is 19.1. The van der Waals surface area contributed by atoms with Gasteiger partial charge >= 0.3 is 6.09 Å². The fourth-order valence-electron chi connectivity index (χ4n) is 4.71. The number of hydrogen-bond donors (Lipinski definition) is 3. The van der Waals surface area contributed by atoms with Gasteiger partial charge in [-0.3, -0.25) is 4.79 Å². The predicted molar refractivity (Wildman–Crippen MR) is 125 cm³/mol.